The van der Waals surface area contributed by atoms with Gasteiger partial charge in [0.2, 0.25) is 11.1 Å². The van der Waals surface area contributed by atoms with Crippen molar-refractivity contribution in [3.63, 3.8) is 0 Å². The van der Waals surface area contributed by atoms with Crippen LogP contribution in [0.5, 0.6) is 0 Å². The van der Waals surface area contributed by atoms with E-state index in [2.05, 4.69) is 25.8 Å². The molecule has 0 aromatic carbocycles. The Bertz CT molecular complexity index is 579. The van der Waals surface area contributed by atoms with Gasteiger partial charge < -0.3 is 5.32 Å². The van der Waals surface area contributed by atoms with Crippen LogP contribution >= 0.6 is 11.8 Å². The maximum Gasteiger partial charge on any atom is 0.321 e. The average Bonchev–Trinajstić information content (AvgIpc) is 3.33. The molecule has 3 amide bonds. The molecule has 138 valence electrons. The molecule has 2 aliphatic rings. The van der Waals surface area contributed by atoms with Crippen LogP contribution in [-0.4, -0.2) is 38.9 Å². The number of aromatic amines is 1. The fraction of sp³-hybridized carbons (Fsp3) is 0.765. The van der Waals surface area contributed by atoms with Gasteiger partial charge in [-0.2, -0.15) is 0 Å². The van der Waals surface area contributed by atoms with E-state index in [9.17, 15) is 9.59 Å². The van der Waals surface area contributed by atoms with Gasteiger partial charge in [0, 0.05) is 12.5 Å². The molecule has 7 nitrogen and oxygen atoms in total. The summed E-state index contributed by atoms with van der Waals surface area (Å²) in [4.78, 5) is 28.0. The summed E-state index contributed by atoms with van der Waals surface area (Å²) in [7, 11) is 0. The van der Waals surface area contributed by atoms with Crippen LogP contribution in [0, 0.1) is 5.92 Å². The van der Waals surface area contributed by atoms with Gasteiger partial charge in [0.05, 0.1) is 5.75 Å². The fourth-order valence-corrected chi connectivity index (χ4v) is 4.30. The van der Waals surface area contributed by atoms with Crippen LogP contribution in [0.15, 0.2) is 5.16 Å². The lowest BCUT2D eigenvalue weighted by Crippen LogP contribution is -2.44. The zero-order valence-electron chi connectivity index (χ0n) is 14.6. The largest absolute Gasteiger partial charge is 0.335 e. The van der Waals surface area contributed by atoms with Gasteiger partial charge in [0.25, 0.3) is 0 Å². The van der Waals surface area contributed by atoms with Crippen LogP contribution in [0.2, 0.25) is 0 Å². The molecule has 25 heavy (non-hydrogen) atoms. The number of carbonyl (C=O) groups is 2. The zero-order valence-corrected chi connectivity index (χ0v) is 15.4. The normalized spacial score (nSPS) is 18.6. The molecule has 0 bridgehead atoms. The van der Waals surface area contributed by atoms with E-state index in [1.54, 1.807) is 0 Å². The summed E-state index contributed by atoms with van der Waals surface area (Å²) in [5.74, 6) is 1.52. The second-order valence-corrected chi connectivity index (χ2v) is 7.99. The number of rotatable bonds is 7. The van der Waals surface area contributed by atoms with E-state index in [4.69, 9.17) is 0 Å². The van der Waals surface area contributed by atoms with E-state index in [0.717, 1.165) is 50.3 Å². The standard InChI is InChI=1S/C17H27N5O2S/c23-15(20-16(24)18-13-7-3-4-8-13)11-25-17-19-14(21-22-17)10-9-12-5-1-2-6-12/h12-13H,1-11H2,(H,19,21,22)(H2,18,20,23,24). The predicted octanol–water partition coefficient (Wildman–Crippen LogP) is 2.79. The number of nitrogens with zero attached hydrogens (tertiary/aromatic N) is 2. The van der Waals surface area contributed by atoms with Crippen molar-refractivity contribution in [2.45, 2.75) is 75.4 Å². The van der Waals surface area contributed by atoms with Crippen LogP contribution in [0.25, 0.3) is 0 Å². The third kappa shape index (κ3) is 6.02. The molecule has 3 rings (SSSR count). The van der Waals surface area contributed by atoms with Crippen LogP contribution in [0.3, 0.4) is 0 Å². The molecule has 8 heteroatoms. The van der Waals surface area contributed by atoms with Gasteiger partial charge in [-0.3, -0.25) is 15.2 Å². The molecule has 2 fully saturated rings. The Balaban J connectivity index is 1.33. The third-order valence-electron chi connectivity index (χ3n) is 5.05. The number of nitrogens with one attached hydrogen (secondary N) is 3. The molecule has 0 aliphatic heterocycles. The van der Waals surface area contributed by atoms with Crippen molar-refractivity contribution < 1.29 is 9.59 Å². The Morgan fingerprint density at radius 2 is 1.84 bits per heavy atom. The SMILES string of the molecule is O=C(CSc1n[nH]c(CCC2CCCC2)n1)NC(=O)NC1CCCC1. The van der Waals surface area contributed by atoms with Gasteiger partial charge in [-0.1, -0.05) is 50.3 Å². The van der Waals surface area contributed by atoms with Gasteiger partial charge in [0.15, 0.2) is 0 Å². The number of imide groups is 1. The van der Waals surface area contributed by atoms with Crippen molar-refractivity contribution in [3.8, 4) is 0 Å². The van der Waals surface area contributed by atoms with Gasteiger partial charge in [-0.05, 0) is 25.2 Å². The lowest BCUT2D eigenvalue weighted by atomic mass is 10.0. The molecule has 1 aromatic rings. The molecule has 0 radical (unpaired) electrons. The second-order valence-electron chi connectivity index (χ2n) is 7.05. The van der Waals surface area contributed by atoms with Gasteiger partial charge in [0.1, 0.15) is 5.82 Å². The summed E-state index contributed by atoms with van der Waals surface area (Å²) < 4.78 is 0. The Hall–Kier alpha value is -1.57. The van der Waals surface area contributed by atoms with Crippen LogP contribution in [-0.2, 0) is 11.2 Å². The highest BCUT2D eigenvalue weighted by molar-refractivity contribution is 7.99. The first-order valence-electron chi connectivity index (χ1n) is 9.33. The highest BCUT2D eigenvalue weighted by atomic mass is 32.2. The van der Waals surface area contributed by atoms with E-state index in [0.29, 0.717) is 5.16 Å². The summed E-state index contributed by atoms with van der Waals surface area (Å²) in [5.41, 5.74) is 0. The summed E-state index contributed by atoms with van der Waals surface area (Å²) in [6.07, 6.45) is 11.7. The van der Waals surface area contributed by atoms with Gasteiger partial charge in [-0.15, -0.1) is 5.10 Å². The molecule has 1 heterocycles. The number of hydrogen-bond acceptors (Lipinski definition) is 5. The third-order valence-corrected chi connectivity index (χ3v) is 5.90. The van der Waals surface area contributed by atoms with E-state index >= 15 is 0 Å². The van der Waals surface area contributed by atoms with Crippen LogP contribution in [0.1, 0.15) is 63.6 Å². The van der Waals surface area contributed by atoms with Gasteiger partial charge in [-0.25, -0.2) is 9.78 Å². The molecule has 3 N–H and O–H groups in total. The smallest absolute Gasteiger partial charge is 0.321 e. The van der Waals surface area contributed by atoms with Crippen molar-refractivity contribution in [2.24, 2.45) is 5.92 Å². The summed E-state index contributed by atoms with van der Waals surface area (Å²) in [6, 6.07) is -0.194. The molecule has 1 aromatic heterocycles. The molecule has 0 saturated heterocycles. The van der Waals surface area contributed by atoms with Gasteiger partial charge >= 0.3 is 6.03 Å². The van der Waals surface area contributed by atoms with E-state index in [1.807, 2.05) is 0 Å². The fourth-order valence-electron chi connectivity index (χ4n) is 3.68. The number of hydrogen-bond donors (Lipinski definition) is 3. The van der Waals surface area contributed by atoms with Crippen LogP contribution in [0.4, 0.5) is 4.79 Å². The molecule has 0 atom stereocenters. The first-order chi connectivity index (χ1) is 12.2. The van der Waals surface area contributed by atoms with Crippen molar-refractivity contribution in [1.29, 1.82) is 0 Å². The second kappa shape index (κ2) is 9.22. The topological polar surface area (TPSA) is 99.8 Å². The molecular formula is C17H27N5O2S. The first kappa shape index (κ1) is 18.2. The quantitative estimate of drug-likeness (QED) is 0.645. The number of amides is 3. The number of thioether (sulfide) groups is 1. The molecule has 2 aliphatic carbocycles. The van der Waals surface area contributed by atoms with Crippen molar-refractivity contribution in [3.05, 3.63) is 5.82 Å². The monoisotopic (exact) mass is 365 g/mol. The molecular weight excluding hydrogens is 338 g/mol. The Morgan fingerprint density at radius 3 is 2.60 bits per heavy atom. The van der Waals surface area contributed by atoms with E-state index < -0.39 is 6.03 Å². The molecule has 0 spiro atoms. The zero-order chi connectivity index (χ0) is 17.5. The number of H-pyrrole nitrogens is 1. The minimum absolute atomic E-state index is 0.137. The number of aromatic nitrogens is 3. The highest BCUT2D eigenvalue weighted by Gasteiger charge is 2.19. The Labute approximate surface area is 152 Å². The van der Waals surface area contributed by atoms with E-state index in [-0.39, 0.29) is 17.7 Å². The number of urea groups is 1. The van der Waals surface area contributed by atoms with Crippen molar-refractivity contribution in [1.82, 2.24) is 25.8 Å². The Kier molecular flexibility index (Phi) is 6.72. The summed E-state index contributed by atoms with van der Waals surface area (Å²) in [6.45, 7) is 0. The number of aryl methyl sites for hydroxylation is 1. The molecule has 0 unspecified atom stereocenters. The first-order valence-corrected chi connectivity index (χ1v) is 10.3. The maximum atomic E-state index is 11.8. The summed E-state index contributed by atoms with van der Waals surface area (Å²) in [5, 5.41) is 12.9. The minimum atomic E-state index is -0.398. The van der Waals surface area contributed by atoms with Crippen molar-refractivity contribution >= 4 is 23.7 Å². The maximum absolute atomic E-state index is 11.8. The lowest BCUT2D eigenvalue weighted by molar-refractivity contribution is -0.117. The highest BCUT2D eigenvalue weighted by Crippen LogP contribution is 2.28. The van der Waals surface area contributed by atoms with Crippen LogP contribution < -0.4 is 10.6 Å². The van der Waals surface area contributed by atoms with Crippen molar-refractivity contribution in [2.75, 3.05) is 5.75 Å². The average molecular weight is 366 g/mol. The predicted molar refractivity (Wildman–Crippen MR) is 96.3 cm³/mol. The number of carbonyl (C=O) groups excluding carboxylic acids is 2. The molecule has 2 saturated carbocycles. The minimum Gasteiger partial charge on any atom is -0.335 e. The van der Waals surface area contributed by atoms with E-state index in [1.165, 1.54) is 37.4 Å². The lowest BCUT2D eigenvalue weighted by Gasteiger charge is -2.11. The Morgan fingerprint density at radius 1 is 1.12 bits per heavy atom. The summed E-state index contributed by atoms with van der Waals surface area (Å²) >= 11 is 1.25.